The number of halogens is 1. The number of hydrogen-bond donors (Lipinski definition) is 1. The minimum absolute atomic E-state index is 0.168. The molecule has 0 saturated carbocycles. The summed E-state index contributed by atoms with van der Waals surface area (Å²) in [6.07, 6.45) is 1.80. The molecule has 5 heteroatoms. The van der Waals surface area contributed by atoms with Gasteiger partial charge in [0.2, 0.25) is 5.91 Å². The first-order valence-electron chi connectivity index (χ1n) is 7.96. The first-order valence-corrected chi connectivity index (χ1v) is 7.96. The number of piperidine rings is 1. The number of nitrogens with one attached hydrogen (secondary N) is 1. The molecule has 0 bridgehead atoms. The molecule has 2 fully saturated rings. The predicted octanol–water partition coefficient (Wildman–Crippen LogP) is 2.12. The molecule has 2 aliphatic rings. The number of carbonyl (C=O) groups is 1. The number of nitrogens with zero attached hydrogens (tertiary/aromatic N) is 1. The largest absolute Gasteiger partial charge is 0.370 e. The maximum atomic E-state index is 13.0. The van der Waals surface area contributed by atoms with Gasteiger partial charge in [0.1, 0.15) is 11.9 Å². The fraction of sp³-hybridized carbons (Fsp3) is 0.588. The number of ether oxygens (including phenoxy) is 1. The second kappa shape index (κ2) is 6.34. The maximum absolute atomic E-state index is 13.0. The number of amides is 1. The van der Waals surface area contributed by atoms with Crippen molar-refractivity contribution >= 4 is 5.91 Å². The van der Waals surface area contributed by atoms with Gasteiger partial charge in [-0.25, -0.2) is 4.39 Å². The van der Waals surface area contributed by atoms with E-state index in [0.717, 1.165) is 31.5 Å². The summed E-state index contributed by atoms with van der Waals surface area (Å²) in [7, 11) is 0. The van der Waals surface area contributed by atoms with E-state index in [1.54, 1.807) is 12.1 Å². The molecule has 120 valence electrons. The van der Waals surface area contributed by atoms with Crippen molar-refractivity contribution in [1.29, 1.82) is 0 Å². The van der Waals surface area contributed by atoms with E-state index in [1.807, 2.05) is 11.8 Å². The van der Waals surface area contributed by atoms with Gasteiger partial charge in [-0.15, -0.1) is 0 Å². The monoisotopic (exact) mass is 306 g/mol. The standard InChI is InChI=1S/C17H23FN2O2/c1-17(7-2-8-19-12-17)16(21)20-9-10-22-15(11-20)13-3-5-14(18)6-4-13/h3-6,15,19H,2,7-12H2,1H3. The van der Waals surface area contributed by atoms with Gasteiger partial charge in [-0.3, -0.25) is 4.79 Å². The van der Waals surface area contributed by atoms with Crippen LogP contribution in [-0.4, -0.2) is 43.6 Å². The second-order valence-corrected chi connectivity index (χ2v) is 6.50. The highest BCUT2D eigenvalue weighted by atomic mass is 19.1. The van der Waals surface area contributed by atoms with Crippen LogP contribution in [0, 0.1) is 11.2 Å². The lowest BCUT2D eigenvalue weighted by Crippen LogP contribution is -2.53. The normalized spacial score (nSPS) is 29.4. The fourth-order valence-electron chi connectivity index (χ4n) is 3.33. The van der Waals surface area contributed by atoms with E-state index in [1.165, 1.54) is 12.1 Å². The average molecular weight is 306 g/mol. The summed E-state index contributed by atoms with van der Waals surface area (Å²) in [6, 6.07) is 6.34. The van der Waals surface area contributed by atoms with E-state index < -0.39 is 0 Å². The molecule has 0 aliphatic carbocycles. The Labute approximate surface area is 130 Å². The smallest absolute Gasteiger partial charge is 0.229 e. The molecule has 1 aromatic rings. The molecule has 3 rings (SSSR count). The van der Waals surface area contributed by atoms with Gasteiger partial charge in [-0.1, -0.05) is 12.1 Å². The summed E-state index contributed by atoms with van der Waals surface area (Å²) in [5.74, 6) is -0.0524. The summed E-state index contributed by atoms with van der Waals surface area (Å²) in [5, 5.41) is 3.32. The fourth-order valence-corrected chi connectivity index (χ4v) is 3.33. The van der Waals surface area contributed by atoms with Gasteiger partial charge in [-0.2, -0.15) is 0 Å². The highest BCUT2D eigenvalue weighted by Crippen LogP contribution is 2.31. The van der Waals surface area contributed by atoms with Crippen molar-refractivity contribution in [3.05, 3.63) is 35.6 Å². The lowest BCUT2D eigenvalue weighted by atomic mass is 9.81. The van der Waals surface area contributed by atoms with Crippen LogP contribution in [0.4, 0.5) is 4.39 Å². The Morgan fingerprint density at radius 3 is 2.86 bits per heavy atom. The molecule has 0 radical (unpaired) electrons. The van der Waals surface area contributed by atoms with Gasteiger partial charge >= 0.3 is 0 Å². The molecule has 4 nitrogen and oxygen atoms in total. The molecule has 1 N–H and O–H groups in total. The molecular weight excluding hydrogens is 283 g/mol. The molecule has 2 unspecified atom stereocenters. The average Bonchev–Trinajstić information content (AvgIpc) is 2.56. The van der Waals surface area contributed by atoms with E-state index in [4.69, 9.17) is 4.74 Å². The Kier molecular flexibility index (Phi) is 4.45. The van der Waals surface area contributed by atoms with Crippen molar-refractivity contribution in [3.63, 3.8) is 0 Å². The van der Waals surface area contributed by atoms with E-state index in [2.05, 4.69) is 5.32 Å². The van der Waals surface area contributed by atoms with Crippen LogP contribution in [0.1, 0.15) is 31.4 Å². The third-order valence-corrected chi connectivity index (χ3v) is 4.71. The maximum Gasteiger partial charge on any atom is 0.229 e. The summed E-state index contributed by atoms with van der Waals surface area (Å²) >= 11 is 0. The Morgan fingerprint density at radius 1 is 1.41 bits per heavy atom. The molecule has 2 saturated heterocycles. The van der Waals surface area contributed by atoms with Crippen molar-refractivity contribution in [1.82, 2.24) is 10.2 Å². The minimum Gasteiger partial charge on any atom is -0.370 e. The predicted molar refractivity (Wildman–Crippen MR) is 81.9 cm³/mol. The zero-order valence-corrected chi connectivity index (χ0v) is 13.0. The number of morpholine rings is 1. The Morgan fingerprint density at radius 2 is 2.18 bits per heavy atom. The first-order chi connectivity index (χ1) is 10.6. The van der Waals surface area contributed by atoms with Gasteiger partial charge < -0.3 is 15.0 Å². The van der Waals surface area contributed by atoms with Crippen LogP contribution in [0.5, 0.6) is 0 Å². The zero-order chi connectivity index (χ0) is 15.6. The molecule has 0 spiro atoms. The topological polar surface area (TPSA) is 41.6 Å². The van der Waals surface area contributed by atoms with Gasteiger partial charge in [0.15, 0.2) is 0 Å². The Bertz CT molecular complexity index is 526. The number of benzene rings is 1. The van der Waals surface area contributed by atoms with Crippen LogP contribution in [0.25, 0.3) is 0 Å². The van der Waals surface area contributed by atoms with E-state index in [0.29, 0.717) is 19.7 Å². The molecule has 2 heterocycles. The van der Waals surface area contributed by atoms with Crippen LogP contribution in [0.3, 0.4) is 0 Å². The second-order valence-electron chi connectivity index (χ2n) is 6.50. The lowest BCUT2D eigenvalue weighted by Gasteiger charge is -2.41. The highest BCUT2D eigenvalue weighted by molar-refractivity contribution is 5.83. The Hall–Kier alpha value is -1.46. The Balaban J connectivity index is 1.69. The van der Waals surface area contributed by atoms with Gasteiger partial charge in [0, 0.05) is 13.1 Å². The van der Waals surface area contributed by atoms with Crippen molar-refractivity contribution in [2.24, 2.45) is 5.41 Å². The molecule has 0 aromatic heterocycles. The van der Waals surface area contributed by atoms with Crippen LogP contribution < -0.4 is 5.32 Å². The quantitative estimate of drug-likeness (QED) is 0.910. The summed E-state index contributed by atoms with van der Waals surface area (Å²) in [6.45, 7) is 5.47. The third-order valence-electron chi connectivity index (χ3n) is 4.71. The van der Waals surface area contributed by atoms with Crippen molar-refractivity contribution in [3.8, 4) is 0 Å². The molecule has 2 aliphatic heterocycles. The minimum atomic E-state index is -0.317. The van der Waals surface area contributed by atoms with Crippen LogP contribution >= 0.6 is 0 Å². The van der Waals surface area contributed by atoms with Gasteiger partial charge in [-0.05, 0) is 44.0 Å². The molecule has 1 aromatic carbocycles. The third kappa shape index (κ3) is 3.15. The van der Waals surface area contributed by atoms with Crippen LogP contribution in [0.2, 0.25) is 0 Å². The number of rotatable bonds is 2. The lowest BCUT2D eigenvalue weighted by molar-refractivity contribution is -0.150. The van der Waals surface area contributed by atoms with E-state index in [-0.39, 0.29) is 23.2 Å². The molecule has 22 heavy (non-hydrogen) atoms. The summed E-state index contributed by atoms with van der Waals surface area (Å²) in [4.78, 5) is 14.8. The molecule has 2 atom stereocenters. The highest BCUT2D eigenvalue weighted by Gasteiger charge is 2.39. The molecule has 1 amide bonds. The molecular formula is C17H23FN2O2. The first kappa shape index (κ1) is 15.4. The van der Waals surface area contributed by atoms with Gasteiger partial charge in [0.25, 0.3) is 0 Å². The number of hydrogen-bond acceptors (Lipinski definition) is 3. The van der Waals surface area contributed by atoms with Crippen molar-refractivity contribution < 1.29 is 13.9 Å². The van der Waals surface area contributed by atoms with Crippen molar-refractivity contribution in [2.75, 3.05) is 32.8 Å². The van der Waals surface area contributed by atoms with Crippen LogP contribution in [-0.2, 0) is 9.53 Å². The summed E-state index contributed by atoms with van der Waals surface area (Å²) in [5.41, 5.74) is 0.606. The number of carbonyl (C=O) groups excluding carboxylic acids is 1. The summed E-state index contributed by atoms with van der Waals surface area (Å²) < 4.78 is 18.8. The van der Waals surface area contributed by atoms with Gasteiger partial charge in [0.05, 0.1) is 18.6 Å². The van der Waals surface area contributed by atoms with E-state index >= 15 is 0 Å². The SMILES string of the molecule is CC1(C(=O)N2CCOC(c3ccc(F)cc3)C2)CCCNC1. The van der Waals surface area contributed by atoms with Crippen molar-refractivity contribution in [2.45, 2.75) is 25.9 Å². The van der Waals surface area contributed by atoms with Crippen LogP contribution in [0.15, 0.2) is 24.3 Å². The van der Waals surface area contributed by atoms with E-state index in [9.17, 15) is 9.18 Å². The zero-order valence-electron chi connectivity index (χ0n) is 13.0.